The van der Waals surface area contributed by atoms with Crippen molar-refractivity contribution in [2.75, 3.05) is 18.4 Å². The lowest BCUT2D eigenvalue weighted by molar-refractivity contribution is 0.159. The van der Waals surface area contributed by atoms with Gasteiger partial charge in [0.25, 0.3) is 0 Å². The van der Waals surface area contributed by atoms with Crippen LogP contribution < -0.4 is 11.1 Å². The van der Waals surface area contributed by atoms with Gasteiger partial charge in [-0.05, 0) is 50.4 Å². The van der Waals surface area contributed by atoms with Gasteiger partial charge in [-0.1, -0.05) is 6.07 Å². The molecule has 1 atom stereocenters. The minimum atomic E-state index is -0.352. The molecule has 0 radical (unpaired) electrons. The molecule has 1 heterocycles. The first-order chi connectivity index (χ1) is 9.20. The zero-order chi connectivity index (χ0) is 13.7. The van der Waals surface area contributed by atoms with Crippen LogP contribution in [0.15, 0.2) is 24.3 Å². The topological polar surface area (TPSA) is 58.4 Å². The number of amides is 2. The van der Waals surface area contributed by atoms with Crippen molar-refractivity contribution < 1.29 is 9.18 Å². The summed E-state index contributed by atoms with van der Waals surface area (Å²) < 4.78 is 13.1. The fourth-order valence-electron chi connectivity index (χ4n) is 2.52. The van der Waals surface area contributed by atoms with Crippen molar-refractivity contribution in [1.29, 1.82) is 0 Å². The van der Waals surface area contributed by atoms with Crippen molar-refractivity contribution in [3.63, 3.8) is 0 Å². The van der Waals surface area contributed by atoms with Crippen LogP contribution in [-0.2, 0) is 0 Å². The number of nitrogens with one attached hydrogen (secondary N) is 1. The number of carbonyl (C=O) groups is 1. The molecule has 0 aromatic heterocycles. The molecule has 2 rings (SSSR count). The molecular formula is C14H20FN3O. The lowest BCUT2D eigenvalue weighted by Crippen LogP contribution is -2.46. The number of rotatable bonds is 3. The summed E-state index contributed by atoms with van der Waals surface area (Å²) in [7, 11) is 0. The molecule has 1 aromatic carbocycles. The Kier molecular flexibility index (Phi) is 4.74. The van der Waals surface area contributed by atoms with E-state index in [-0.39, 0.29) is 17.9 Å². The lowest BCUT2D eigenvalue weighted by Gasteiger charge is -2.35. The van der Waals surface area contributed by atoms with Crippen LogP contribution in [0.4, 0.5) is 14.9 Å². The van der Waals surface area contributed by atoms with E-state index in [0.29, 0.717) is 12.2 Å². The van der Waals surface area contributed by atoms with Crippen LogP contribution in [0.5, 0.6) is 0 Å². The van der Waals surface area contributed by atoms with Gasteiger partial charge in [-0.2, -0.15) is 0 Å². The van der Waals surface area contributed by atoms with E-state index in [9.17, 15) is 9.18 Å². The van der Waals surface area contributed by atoms with Gasteiger partial charge in [-0.3, -0.25) is 0 Å². The summed E-state index contributed by atoms with van der Waals surface area (Å²) >= 11 is 0. The number of nitrogens with zero attached hydrogens (tertiary/aromatic N) is 1. The van der Waals surface area contributed by atoms with Crippen LogP contribution in [0.1, 0.15) is 25.7 Å². The molecule has 3 N–H and O–H groups in total. The van der Waals surface area contributed by atoms with Gasteiger partial charge < -0.3 is 16.0 Å². The summed E-state index contributed by atoms with van der Waals surface area (Å²) in [5.41, 5.74) is 6.07. The SMILES string of the molecule is NCCC1CCCCN1C(=O)Nc1cccc(F)c1. The van der Waals surface area contributed by atoms with Crippen molar-refractivity contribution >= 4 is 11.7 Å². The highest BCUT2D eigenvalue weighted by Gasteiger charge is 2.25. The van der Waals surface area contributed by atoms with Gasteiger partial charge in [0, 0.05) is 18.3 Å². The number of piperidine rings is 1. The van der Waals surface area contributed by atoms with Crippen molar-refractivity contribution in [3.05, 3.63) is 30.1 Å². The van der Waals surface area contributed by atoms with E-state index < -0.39 is 0 Å². The Balaban J connectivity index is 2.01. The predicted molar refractivity (Wildman–Crippen MR) is 73.4 cm³/mol. The number of carbonyl (C=O) groups excluding carboxylic acids is 1. The summed E-state index contributed by atoms with van der Waals surface area (Å²) in [6.07, 6.45) is 3.95. The number of benzene rings is 1. The van der Waals surface area contributed by atoms with E-state index >= 15 is 0 Å². The molecule has 1 aliphatic heterocycles. The number of hydrogen-bond acceptors (Lipinski definition) is 2. The Labute approximate surface area is 112 Å². The molecule has 0 bridgehead atoms. The molecule has 0 aliphatic carbocycles. The van der Waals surface area contributed by atoms with E-state index in [1.807, 2.05) is 4.90 Å². The number of urea groups is 1. The smallest absolute Gasteiger partial charge is 0.322 e. The molecule has 1 aliphatic rings. The molecule has 0 saturated carbocycles. The maximum absolute atomic E-state index is 13.1. The van der Waals surface area contributed by atoms with Gasteiger partial charge in [-0.15, -0.1) is 0 Å². The summed E-state index contributed by atoms with van der Waals surface area (Å²) in [6, 6.07) is 5.98. The number of likely N-dealkylation sites (tertiary alicyclic amines) is 1. The van der Waals surface area contributed by atoms with E-state index in [1.54, 1.807) is 12.1 Å². The highest BCUT2D eigenvalue weighted by Crippen LogP contribution is 2.20. The molecule has 5 heteroatoms. The number of anilines is 1. The highest BCUT2D eigenvalue weighted by molar-refractivity contribution is 5.89. The highest BCUT2D eigenvalue weighted by atomic mass is 19.1. The van der Waals surface area contributed by atoms with Crippen LogP contribution in [0.2, 0.25) is 0 Å². The molecule has 2 amide bonds. The van der Waals surface area contributed by atoms with Crippen LogP contribution in [0.25, 0.3) is 0 Å². The maximum atomic E-state index is 13.1. The van der Waals surface area contributed by atoms with Crippen LogP contribution >= 0.6 is 0 Å². The van der Waals surface area contributed by atoms with Gasteiger partial charge in [0.1, 0.15) is 5.82 Å². The average molecular weight is 265 g/mol. The normalized spacial score (nSPS) is 19.3. The van der Waals surface area contributed by atoms with Crippen molar-refractivity contribution in [1.82, 2.24) is 4.90 Å². The third-order valence-corrected chi connectivity index (χ3v) is 3.46. The molecule has 19 heavy (non-hydrogen) atoms. The molecule has 0 spiro atoms. The van der Waals surface area contributed by atoms with Crippen molar-refractivity contribution in [2.45, 2.75) is 31.7 Å². The lowest BCUT2D eigenvalue weighted by atomic mass is 10.00. The minimum Gasteiger partial charge on any atom is -0.330 e. The fraction of sp³-hybridized carbons (Fsp3) is 0.500. The molecule has 4 nitrogen and oxygen atoms in total. The first-order valence-electron chi connectivity index (χ1n) is 6.74. The van der Waals surface area contributed by atoms with Gasteiger partial charge in [0.2, 0.25) is 0 Å². The third kappa shape index (κ3) is 3.67. The summed E-state index contributed by atoms with van der Waals surface area (Å²) in [4.78, 5) is 14.0. The second-order valence-corrected chi connectivity index (χ2v) is 4.86. The Morgan fingerprint density at radius 2 is 2.32 bits per heavy atom. The second kappa shape index (κ2) is 6.52. The van der Waals surface area contributed by atoms with Crippen molar-refractivity contribution in [2.24, 2.45) is 5.73 Å². The number of hydrogen-bond donors (Lipinski definition) is 2. The zero-order valence-electron chi connectivity index (χ0n) is 10.9. The molecular weight excluding hydrogens is 245 g/mol. The Morgan fingerprint density at radius 1 is 1.47 bits per heavy atom. The van der Waals surface area contributed by atoms with Crippen molar-refractivity contribution in [3.8, 4) is 0 Å². The summed E-state index contributed by atoms with van der Waals surface area (Å²) in [5.74, 6) is -0.352. The Morgan fingerprint density at radius 3 is 3.05 bits per heavy atom. The summed E-state index contributed by atoms with van der Waals surface area (Å²) in [6.45, 7) is 1.32. The van der Waals surface area contributed by atoms with Crippen LogP contribution in [0, 0.1) is 5.82 Å². The number of nitrogens with two attached hydrogens (primary N) is 1. The summed E-state index contributed by atoms with van der Waals surface area (Å²) in [5, 5.41) is 2.75. The zero-order valence-corrected chi connectivity index (χ0v) is 10.9. The van der Waals surface area contributed by atoms with Crippen LogP contribution in [-0.4, -0.2) is 30.1 Å². The van der Waals surface area contributed by atoms with E-state index in [4.69, 9.17) is 5.73 Å². The third-order valence-electron chi connectivity index (χ3n) is 3.46. The van der Waals surface area contributed by atoms with Gasteiger partial charge in [-0.25, -0.2) is 9.18 Å². The van der Waals surface area contributed by atoms with E-state index in [0.717, 1.165) is 32.2 Å². The van der Waals surface area contributed by atoms with Gasteiger partial charge in [0.15, 0.2) is 0 Å². The number of halogens is 1. The van der Waals surface area contributed by atoms with E-state index in [2.05, 4.69) is 5.32 Å². The minimum absolute atomic E-state index is 0.163. The first-order valence-corrected chi connectivity index (χ1v) is 6.74. The molecule has 1 fully saturated rings. The second-order valence-electron chi connectivity index (χ2n) is 4.86. The van der Waals surface area contributed by atoms with Crippen LogP contribution in [0.3, 0.4) is 0 Å². The Bertz CT molecular complexity index is 436. The monoisotopic (exact) mass is 265 g/mol. The van der Waals surface area contributed by atoms with Gasteiger partial charge in [0.05, 0.1) is 0 Å². The predicted octanol–water partition coefficient (Wildman–Crippen LogP) is 2.56. The standard InChI is InChI=1S/C14H20FN3O/c15-11-4-3-5-12(10-11)17-14(19)18-9-2-1-6-13(18)7-8-16/h3-5,10,13H,1-2,6-9,16H2,(H,17,19). The molecule has 104 valence electrons. The largest absolute Gasteiger partial charge is 0.330 e. The Hall–Kier alpha value is -1.62. The molecule has 1 aromatic rings. The maximum Gasteiger partial charge on any atom is 0.322 e. The van der Waals surface area contributed by atoms with E-state index in [1.165, 1.54) is 12.1 Å². The first kappa shape index (κ1) is 13.8. The average Bonchev–Trinajstić information content (AvgIpc) is 2.39. The molecule has 1 saturated heterocycles. The molecule has 1 unspecified atom stereocenters. The fourth-order valence-corrected chi connectivity index (χ4v) is 2.52. The quantitative estimate of drug-likeness (QED) is 0.882. The van der Waals surface area contributed by atoms with Gasteiger partial charge >= 0.3 is 6.03 Å².